The van der Waals surface area contributed by atoms with E-state index in [1.165, 1.54) is 44.9 Å². The molecule has 5 unspecified atom stereocenters. The van der Waals surface area contributed by atoms with Crippen molar-refractivity contribution >= 4 is 11.8 Å². The molecule has 0 saturated heterocycles. The van der Waals surface area contributed by atoms with Gasteiger partial charge in [0.15, 0.2) is 0 Å². The summed E-state index contributed by atoms with van der Waals surface area (Å²) in [5, 5.41) is 9.17. The Balaban J connectivity index is 1.37. The SMILES string of the molecule is C/C(=C/CCC(C)[C@H]1CCC2(C)C3CCC4C(C)(C)C(=O)CC[C@@]45CC35CC[C@]12C)C(=O)O. The molecule has 0 radical (unpaired) electrons. The first-order valence-corrected chi connectivity index (χ1v) is 13.8. The van der Waals surface area contributed by atoms with Gasteiger partial charge >= 0.3 is 5.97 Å². The molecule has 0 heterocycles. The first-order chi connectivity index (χ1) is 15.4. The van der Waals surface area contributed by atoms with Crippen LogP contribution in [0.5, 0.6) is 0 Å². The molecule has 0 aliphatic heterocycles. The number of hydrogen-bond donors (Lipinski definition) is 1. The van der Waals surface area contributed by atoms with Crippen LogP contribution in [0, 0.1) is 50.7 Å². The molecular formula is C30H46O3. The third-order valence-corrected chi connectivity index (χ3v) is 13.0. The van der Waals surface area contributed by atoms with E-state index in [2.05, 4.69) is 34.6 Å². The molecule has 0 bridgehead atoms. The summed E-state index contributed by atoms with van der Waals surface area (Å²) in [7, 11) is 0. The lowest BCUT2D eigenvalue weighted by Gasteiger charge is -2.62. The Morgan fingerprint density at radius 3 is 2.36 bits per heavy atom. The molecule has 184 valence electrons. The highest BCUT2D eigenvalue weighted by molar-refractivity contribution is 5.86. The highest BCUT2D eigenvalue weighted by atomic mass is 16.4. The molecule has 3 heteroatoms. The van der Waals surface area contributed by atoms with Gasteiger partial charge in [-0.05, 0) is 116 Å². The van der Waals surface area contributed by atoms with Gasteiger partial charge in [-0.1, -0.05) is 40.7 Å². The standard InChI is InChI=1S/C30H46O3/c1-19(8-7-9-20(2)25(32)33)21-12-14-28(6)23-11-10-22-26(3,4)24(31)13-15-29(22)18-30(23,29)17-16-27(21,28)5/h9,19,21-23H,7-8,10-18H2,1-6H3,(H,32,33)/b20-9-/t19?,21-,22?,23?,27-,28?,29-,30?/m1/s1. The van der Waals surface area contributed by atoms with Crippen LogP contribution in [0.15, 0.2) is 11.6 Å². The first-order valence-electron chi connectivity index (χ1n) is 13.8. The minimum absolute atomic E-state index is 0.122. The van der Waals surface area contributed by atoms with Gasteiger partial charge in [0.1, 0.15) is 5.78 Å². The minimum Gasteiger partial charge on any atom is -0.478 e. The van der Waals surface area contributed by atoms with Crippen LogP contribution in [0.2, 0.25) is 0 Å². The molecular weight excluding hydrogens is 408 g/mol. The average Bonchev–Trinajstić information content (AvgIpc) is 3.33. The fourth-order valence-corrected chi connectivity index (χ4v) is 11.0. The summed E-state index contributed by atoms with van der Waals surface area (Å²) in [6.45, 7) is 13.9. The smallest absolute Gasteiger partial charge is 0.330 e. The van der Waals surface area contributed by atoms with Crippen molar-refractivity contribution in [2.45, 2.75) is 112 Å². The van der Waals surface area contributed by atoms with Gasteiger partial charge in [-0.25, -0.2) is 4.79 Å². The second kappa shape index (κ2) is 7.20. The minimum atomic E-state index is -0.790. The summed E-state index contributed by atoms with van der Waals surface area (Å²) in [5.41, 5.74) is 2.14. The van der Waals surface area contributed by atoms with E-state index in [0.29, 0.717) is 44.9 Å². The topological polar surface area (TPSA) is 54.4 Å². The van der Waals surface area contributed by atoms with Gasteiger partial charge in [0.2, 0.25) is 0 Å². The quantitative estimate of drug-likeness (QED) is 0.439. The van der Waals surface area contributed by atoms with Crippen LogP contribution in [0.25, 0.3) is 0 Å². The zero-order chi connectivity index (χ0) is 24.0. The maximum atomic E-state index is 12.8. The van der Waals surface area contributed by atoms with Gasteiger partial charge in [-0.15, -0.1) is 0 Å². The summed E-state index contributed by atoms with van der Waals surface area (Å²) in [5.74, 6) is 2.55. The van der Waals surface area contributed by atoms with Crippen molar-refractivity contribution in [2.75, 3.05) is 0 Å². The van der Waals surface area contributed by atoms with Gasteiger partial charge in [0.25, 0.3) is 0 Å². The molecule has 5 saturated carbocycles. The van der Waals surface area contributed by atoms with Crippen LogP contribution in [0.3, 0.4) is 0 Å². The van der Waals surface area contributed by atoms with Crippen LogP contribution in [0.4, 0.5) is 0 Å². The van der Waals surface area contributed by atoms with Crippen LogP contribution >= 0.6 is 0 Å². The Hall–Kier alpha value is -1.12. The molecule has 5 aliphatic rings. The largest absolute Gasteiger partial charge is 0.478 e. The zero-order valence-corrected chi connectivity index (χ0v) is 21.9. The molecule has 3 nitrogen and oxygen atoms in total. The Kier molecular flexibility index (Phi) is 5.15. The monoisotopic (exact) mass is 454 g/mol. The van der Waals surface area contributed by atoms with E-state index in [-0.39, 0.29) is 5.41 Å². The Morgan fingerprint density at radius 2 is 1.67 bits per heavy atom. The lowest BCUT2D eigenvalue weighted by atomic mass is 9.42. The number of carboxylic acids is 1. The summed E-state index contributed by atoms with van der Waals surface area (Å²) in [6, 6.07) is 0. The molecule has 33 heavy (non-hydrogen) atoms. The van der Waals surface area contributed by atoms with Gasteiger partial charge < -0.3 is 5.11 Å². The highest BCUT2D eigenvalue weighted by Crippen LogP contribution is 2.88. The maximum absolute atomic E-state index is 12.8. The van der Waals surface area contributed by atoms with Crippen molar-refractivity contribution in [3.05, 3.63) is 11.6 Å². The number of Topliss-reactive ketones (excluding diaryl/α,β-unsaturated/α-hetero) is 1. The number of aliphatic carboxylic acids is 1. The summed E-state index contributed by atoms with van der Waals surface area (Å²) in [6.07, 6.45) is 15.3. The van der Waals surface area contributed by atoms with Crippen LogP contribution in [-0.4, -0.2) is 16.9 Å². The molecule has 0 amide bonds. The Labute approximate surface area is 201 Å². The normalized spacial score (nSPS) is 48.8. The molecule has 0 aromatic carbocycles. The van der Waals surface area contributed by atoms with Gasteiger partial charge in [0, 0.05) is 17.4 Å². The van der Waals surface area contributed by atoms with Crippen molar-refractivity contribution < 1.29 is 14.7 Å². The van der Waals surface area contributed by atoms with Crippen molar-refractivity contribution in [1.82, 2.24) is 0 Å². The number of carboxylic acid groups (broad SMARTS) is 1. The van der Waals surface area contributed by atoms with Crippen LogP contribution in [-0.2, 0) is 9.59 Å². The number of ketones is 1. The summed E-state index contributed by atoms with van der Waals surface area (Å²) < 4.78 is 0. The summed E-state index contributed by atoms with van der Waals surface area (Å²) >= 11 is 0. The predicted molar refractivity (Wildman–Crippen MR) is 132 cm³/mol. The lowest BCUT2D eigenvalue weighted by molar-refractivity contribution is -0.157. The van der Waals surface area contributed by atoms with Crippen LogP contribution in [0.1, 0.15) is 112 Å². The number of fused-ring (bicyclic) bond motifs is 2. The molecule has 2 spiro atoms. The second-order valence-corrected chi connectivity index (χ2v) is 14.0. The number of carbonyl (C=O) groups is 2. The van der Waals surface area contributed by atoms with Crippen molar-refractivity contribution in [1.29, 1.82) is 0 Å². The third-order valence-electron chi connectivity index (χ3n) is 13.0. The van der Waals surface area contributed by atoms with Crippen molar-refractivity contribution in [3.63, 3.8) is 0 Å². The fourth-order valence-electron chi connectivity index (χ4n) is 11.0. The van der Waals surface area contributed by atoms with Crippen LogP contribution < -0.4 is 0 Å². The van der Waals surface area contributed by atoms with Gasteiger partial charge in [0.05, 0.1) is 0 Å². The van der Waals surface area contributed by atoms with Gasteiger partial charge in [-0.3, -0.25) is 4.79 Å². The number of carbonyl (C=O) groups excluding carboxylic acids is 1. The molecule has 1 N–H and O–H groups in total. The molecule has 5 fully saturated rings. The van der Waals surface area contributed by atoms with E-state index < -0.39 is 5.97 Å². The van der Waals surface area contributed by atoms with Crippen molar-refractivity contribution in [3.8, 4) is 0 Å². The van der Waals surface area contributed by atoms with E-state index >= 15 is 0 Å². The fraction of sp³-hybridized carbons (Fsp3) is 0.867. The zero-order valence-electron chi connectivity index (χ0n) is 21.9. The summed E-state index contributed by atoms with van der Waals surface area (Å²) in [4.78, 5) is 24.0. The Bertz CT molecular complexity index is 900. The molecule has 0 aromatic heterocycles. The molecule has 0 aromatic rings. The van der Waals surface area contributed by atoms with E-state index in [1.54, 1.807) is 6.92 Å². The van der Waals surface area contributed by atoms with E-state index in [4.69, 9.17) is 5.11 Å². The number of allylic oxidation sites excluding steroid dienone is 1. The molecule has 5 aliphatic carbocycles. The van der Waals surface area contributed by atoms with E-state index in [1.807, 2.05) is 6.08 Å². The van der Waals surface area contributed by atoms with E-state index in [9.17, 15) is 9.59 Å². The average molecular weight is 455 g/mol. The highest BCUT2D eigenvalue weighted by Gasteiger charge is 2.82. The van der Waals surface area contributed by atoms with E-state index in [0.717, 1.165) is 37.5 Å². The maximum Gasteiger partial charge on any atom is 0.330 e. The Morgan fingerprint density at radius 1 is 1.00 bits per heavy atom. The number of rotatable bonds is 5. The molecule has 8 atom stereocenters. The predicted octanol–water partition coefficient (Wildman–Crippen LogP) is 7.44. The molecule has 5 rings (SSSR count). The number of hydrogen-bond acceptors (Lipinski definition) is 2. The lowest BCUT2D eigenvalue weighted by Crippen LogP contribution is -2.57. The second-order valence-electron chi connectivity index (χ2n) is 14.0. The van der Waals surface area contributed by atoms with Gasteiger partial charge in [-0.2, -0.15) is 0 Å². The first kappa shape index (κ1) is 23.6. The van der Waals surface area contributed by atoms with Crippen molar-refractivity contribution in [2.24, 2.45) is 50.7 Å². The third kappa shape index (κ3) is 2.86.